The minimum absolute atomic E-state index is 0.0145. The molecule has 0 fully saturated rings. The molecule has 14 heavy (non-hydrogen) atoms. The zero-order chi connectivity index (χ0) is 10.6. The number of nitrogens with zero attached hydrogens (tertiary/aromatic N) is 2. The fourth-order valence-electron chi connectivity index (χ4n) is 0.679. The van der Waals surface area contributed by atoms with Crippen molar-refractivity contribution in [3.05, 3.63) is 12.4 Å². The van der Waals surface area contributed by atoms with E-state index < -0.39 is 12.1 Å². The number of hydrogen-bond donors (Lipinski definition) is 1. The molecule has 0 aliphatic carbocycles. The smallest absolute Gasteiger partial charge is 0.344 e. The quantitative estimate of drug-likeness (QED) is 0.751. The zero-order valence-corrected chi connectivity index (χ0v) is 7.80. The van der Waals surface area contributed by atoms with E-state index in [4.69, 9.17) is 14.6 Å². The first kappa shape index (κ1) is 10.2. The Bertz CT molecular complexity index is 312. The van der Waals surface area contributed by atoms with Crippen molar-refractivity contribution in [2.75, 3.05) is 7.11 Å². The van der Waals surface area contributed by atoms with Gasteiger partial charge in [0.25, 0.3) is 0 Å². The normalized spacial score (nSPS) is 11.9. The molecule has 6 nitrogen and oxygen atoms in total. The average molecular weight is 198 g/mol. The lowest BCUT2D eigenvalue weighted by atomic mass is 10.4. The number of methoxy groups -OCH3 is 1. The van der Waals surface area contributed by atoms with Gasteiger partial charge in [-0.3, -0.25) is 0 Å². The van der Waals surface area contributed by atoms with Crippen LogP contribution in [0.2, 0.25) is 0 Å². The van der Waals surface area contributed by atoms with Gasteiger partial charge >= 0.3 is 12.0 Å². The Balaban J connectivity index is 2.64. The molecule has 0 aliphatic heterocycles. The molecule has 6 heteroatoms. The van der Waals surface area contributed by atoms with Gasteiger partial charge in [-0.1, -0.05) is 0 Å². The van der Waals surface area contributed by atoms with Gasteiger partial charge in [0.05, 0.1) is 19.5 Å². The summed E-state index contributed by atoms with van der Waals surface area (Å²) < 4.78 is 9.72. The van der Waals surface area contributed by atoms with E-state index in [1.807, 2.05) is 0 Å². The molecule has 1 aromatic rings. The molecule has 0 spiro atoms. The Morgan fingerprint density at radius 3 is 2.50 bits per heavy atom. The third-order valence-electron chi connectivity index (χ3n) is 1.47. The molecule has 1 atom stereocenters. The summed E-state index contributed by atoms with van der Waals surface area (Å²) in [6.07, 6.45) is 1.83. The monoisotopic (exact) mass is 198 g/mol. The summed E-state index contributed by atoms with van der Waals surface area (Å²) in [5.74, 6) is -0.579. The lowest BCUT2D eigenvalue weighted by Crippen LogP contribution is -2.23. The lowest BCUT2D eigenvalue weighted by Gasteiger charge is -2.07. The van der Waals surface area contributed by atoms with Gasteiger partial charge < -0.3 is 14.6 Å². The third-order valence-corrected chi connectivity index (χ3v) is 1.47. The van der Waals surface area contributed by atoms with Crippen LogP contribution in [-0.2, 0) is 4.79 Å². The van der Waals surface area contributed by atoms with Crippen LogP contribution in [0.4, 0.5) is 0 Å². The maximum absolute atomic E-state index is 10.4. The molecule has 1 unspecified atom stereocenters. The fraction of sp³-hybridized carbons (Fsp3) is 0.375. The van der Waals surface area contributed by atoms with E-state index in [9.17, 15) is 4.79 Å². The Kier molecular flexibility index (Phi) is 3.22. The Morgan fingerprint density at radius 2 is 2.07 bits per heavy atom. The highest BCUT2D eigenvalue weighted by Crippen LogP contribution is 2.09. The summed E-state index contributed by atoms with van der Waals surface area (Å²) in [5.41, 5.74) is 0. The summed E-state index contributed by atoms with van der Waals surface area (Å²) in [4.78, 5) is 17.9. The van der Waals surface area contributed by atoms with E-state index in [-0.39, 0.29) is 6.01 Å². The molecule has 1 rings (SSSR count). The van der Waals surface area contributed by atoms with Crippen LogP contribution in [0.5, 0.6) is 11.8 Å². The minimum Gasteiger partial charge on any atom is -0.494 e. The van der Waals surface area contributed by atoms with E-state index in [0.717, 1.165) is 0 Å². The molecule has 1 heterocycles. The van der Waals surface area contributed by atoms with Crippen molar-refractivity contribution in [3.8, 4) is 11.8 Å². The SMILES string of the molecule is COc1cnc(OC(C)C(=O)O)nc1. The number of aromatic nitrogens is 2. The first-order chi connectivity index (χ1) is 6.63. The highest BCUT2D eigenvalue weighted by atomic mass is 16.5. The van der Waals surface area contributed by atoms with Crippen molar-refractivity contribution in [3.63, 3.8) is 0 Å². The second kappa shape index (κ2) is 4.40. The molecular weight excluding hydrogens is 188 g/mol. The van der Waals surface area contributed by atoms with Crippen LogP contribution in [0.15, 0.2) is 12.4 Å². The molecule has 0 aliphatic rings. The summed E-state index contributed by atoms with van der Waals surface area (Å²) in [6.45, 7) is 1.40. The second-order valence-corrected chi connectivity index (χ2v) is 2.50. The first-order valence-corrected chi connectivity index (χ1v) is 3.89. The number of carbonyl (C=O) groups is 1. The van der Waals surface area contributed by atoms with Crippen LogP contribution >= 0.6 is 0 Å². The van der Waals surface area contributed by atoms with E-state index in [2.05, 4.69) is 9.97 Å². The van der Waals surface area contributed by atoms with Crippen LogP contribution in [0.25, 0.3) is 0 Å². The third kappa shape index (κ3) is 2.58. The minimum atomic E-state index is -1.07. The predicted octanol–water partition coefficient (Wildman–Crippen LogP) is 0.337. The topological polar surface area (TPSA) is 81.5 Å². The standard InChI is InChI=1S/C8H10N2O4/c1-5(7(11)12)14-8-9-3-6(13-2)4-10-8/h3-5H,1-2H3,(H,11,12). The number of ether oxygens (including phenoxy) is 2. The number of hydrogen-bond acceptors (Lipinski definition) is 5. The number of carboxylic acid groups (broad SMARTS) is 1. The van der Waals surface area contributed by atoms with Gasteiger partial charge in [-0.25, -0.2) is 4.79 Å². The molecule has 0 radical (unpaired) electrons. The van der Waals surface area contributed by atoms with Crippen molar-refractivity contribution < 1.29 is 19.4 Å². The molecule has 0 amide bonds. The van der Waals surface area contributed by atoms with Gasteiger partial charge in [0.1, 0.15) is 0 Å². The molecule has 0 saturated heterocycles. The number of rotatable bonds is 4. The van der Waals surface area contributed by atoms with E-state index >= 15 is 0 Å². The van der Waals surface area contributed by atoms with Gasteiger partial charge in [0, 0.05) is 0 Å². The number of aliphatic carboxylic acids is 1. The van der Waals surface area contributed by atoms with E-state index in [0.29, 0.717) is 5.75 Å². The first-order valence-electron chi connectivity index (χ1n) is 3.89. The molecular formula is C8H10N2O4. The summed E-state index contributed by atoms with van der Waals surface area (Å²) in [7, 11) is 1.49. The molecule has 0 saturated carbocycles. The van der Waals surface area contributed by atoms with Crippen molar-refractivity contribution in [2.24, 2.45) is 0 Å². The Morgan fingerprint density at radius 1 is 1.50 bits per heavy atom. The van der Waals surface area contributed by atoms with Gasteiger partial charge in [0.15, 0.2) is 11.9 Å². The zero-order valence-electron chi connectivity index (χ0n) is 7.80. The van der Waals surface area contributed by atoms with Crippen molar-refractivity contribution in [1.82, 2.24) is 9.97 Å². The Labute approximate surface area is 80.5 Å². The molecule has 0 aromatic carbocycles. The van der Waals surface area contributed by atoms with Crippen LogP contribution in [0, 0.1) is 0 Å². The predicted molar refractivity (Wildman–Crippen MR) is 46.3 cm³/mol. The highest BCUT2D eigenvalue weighted by molar-refractivity contribution is 5.72. The van der Waals surface area contributed by atoms with Crippen molar-refractivity contribution in [2.45, 2.75) is 13.0 Å². The second-order valence-electron chi connectivity index (χ2n) is 2.50. The molecule has 1 aromatic heterocycles. The van der Waals surface area contributed by atoms with Crippen LogP contribution in [-0.4, -0.2) is 34.3 Å². The van der Waals surface area contributed by atoms with E-state index in [1.165, 1.54) is 26.4 Å². The maximum Gasteiger partial charge on any atom is 0.344 e. The number of carboxylic acids is 1. The van der Waals surface area contributed by atoms with E-state index in [1.54, 1.807) is 0 Å². The Hall–Kier alpha value is -1.85. The summed E-state index contributed by atoms with van der Waals surface area (Å²) in [5, 5.41) is 8.54. The maximum atomic E-state index is 10.4. The van der Waals surface area contributed by atoms with Crippen LogP contribution in [0.3, 0.4) is 0 Å². The van der Waals surface area contributed by atoms with Crippen molar-refractivity contribution >= 4 is 5.97 Å². The lowest BCUT2D eigenvalue weighted by molar-refractivity contribution is -0.144. The van der Waals surface area contributed by atoms with Gasteiger partial charge in [0.2, 0.25) is 0 Å². The van der Waals surface area contributed by atoms with Crippen molar-refractivity contribution in [1.29, 1.82) is 0 Å². The largest absolute Gasteiger partial charge is 0.494 e. The summed E-state index contributed by atoms with van der Waals surface area (Å²) in [6, 6.07) is 0.0145. The van der Waals surface area contributed by atoms with Crippen LogP contribution in [0.1, 0.15) is 6.92 Å². The average Bonchev–Trinajstić information content (AvgIpc) is 2.19. The highest BCUT2D eigenvalue weighted by Gasteiger charge is 2.13. The fourth-order valence-corrected chi connectivity index (χ4v) is 0.679. The molecule has 0 bridgehead atoms. The summed E-state index contributed by atoms with van der Waals surface area (Å²) >= 11 is 0. The van der Waals surface area contributed by atoms with Crippen LogP contribution < -0.4 is 9.47 Å². The van der Waals surface area contributed by atoms with Gasteiger partial charge in [-0.2, -0.15) is 9.97 Å². The molecule has 76 valence electrons. The molecule has 1 N–H and O–H groups in total. The van der Waals surface area contributed by atoms with Gasteiger partial charge in [-0.05, 0) is 6.92 Å². The van der Waals surface area contributed by atoms with Gasteiger partial charge in [-0.15, -0.1) is 0 Å².